The fraction of sp³-hybridized carbons (Fsp3) is 1.00. The topological polar surface area (TPSA) is 0 Å². The van der Waals surface area contributed by atoms with Gasteiger partial charge in [0.05, 0.1) is 0 Å². The highest BCUT2D eigenvalue weighted by Gasteiger charge is 2.45. The van der Waals surface area contributed by atoms with Gasteiger partial charge in [0.1, 0.15) is 0 Å². The summed E-state index contributed by atoms with van der Waals surface area (Å²) in [5.74, 6) is 5.91. The van der Waals surface area contributed by atoms with Gasteiger partial charge in [-0.2, -0.15) is 0 Å². The van der Waals surface area contributed by atoms with E-state index < -0.39 is 0 Å². The van der Waals surface area contributed by atoms with Crippen molar-refractivity contribution in [3.63, 3.8) is 0 Å². The summed E-state index contributed by atoms with van der Waals surface area (Å²) >= 11 is 0. The molecule has 20 heavy (non-hydrogen) atoms. The van der Waals surface area contributed by atoms with Crippen molar-refractivity contribution < 1.29 is 0 Å². The normalized spacial score (nSPS) is 49.5. The highest BCUT2D eigenvalue weighted by molar-refractivity contribution is 4.95. The van der Waals surface area contributed by atoms with Gasteiger partial charge in [0.15, 0.2) is 0 Å². The molecule has 0 radical (unpaired) electrons. The van der Waals surface area contributed by atoms with Gasteiger partial charge in [-0.25, -0.2) is 0 Å². The van der Waals surface area contributed by atoms with E-state index in [1.807, 2.05) is 0 Å². The smallest absolute Gasteiger partial charge is 0.0297 e. The summed E-state index contributed by atoms with van der Waals surface area (Å²) in [4.78, 5) is 0. The second kappa shape index (κ2) is 6.41. The van der Waals surface area contributed by atoms with E-state index in [1.165, 1.54) is 44.9 Å². The summed E-state index contributed by atoms with van der Waals surface area (Å²) in [6.45, 7) is 15.0. The molecule has 118 valence electrons. The van der Waals surface area contributed by atoms with Gasteiger partial charge in [0.25, 0.3) is 0 Å². The fourth-order valence-corrected chi connectivity index (χ4v) is 5.90. The second-order valence-corrected chi connectivity index (χ2v) is 8.66. The molecule has 0 nitrogen and oxygen atoms in total. The van der Waals surface area contributed by atoms with Gasteiger partial charge >= 0.3 is 0 Å². The molecule has 0 aromatic rings. The number of rotatable bonds is 4. The van der Waals surface area contributed by atoms with E-state index >= 15 is 0 Å². The van der Waals surface area contributed by atoms with Crippen LogP contribution in [0.5, 0.6) is 0 Å². The Kier molecular flexibility index (Phi) is 5.24. The summed E-state index contributed by atoms with van der Waals surface area (Å²) in [5, 5.41) is 0. The molecule has 2 aliphatic carbocycles. The molecule has 0 heteroatoms. The quantitative estimate of drug-likeness (QED) is 0.512. The summed E-state index contributed by atoms with van der Waals surface area (Å²) in [7, 11) is 0. The van der Waals surface area contributed by atoms with Crippen LogP contribution >= 0.6 is 0 Å². The molecule has 0 aromatic carbocycles. The lowest BCUT2D eigenvalue weighted by atomic mass is 9.62. The van der Waals surface area contributed by atoms with E-state index in [9.17, 15) is 0 Å². The molecule has 2 rings (SSSR count). The molecule has 2 aliphatic rings. The Morgan fingerprint density at radius 2 is 1.70 bits per heavy atom. The van der Waals surface area contributed by atoms with E-state index in [0.29, 0.717) is 5.41 Å². The average Bonchev–Trinajstić information content (AvgIpc) is 2.45. The number of hydrogen-bond donors (Lipinski definition) is 0. The predicted molar refractivity (Wildman–Crippen MR) is 89.7 cm³/mol. The van der Waals surface area contributed by atoms with Crippen molar-refractivity contribution in [2.45, 2.75) is 86.5 Å². The third kappa shape index (κ3) is 2.95. The van der Waals surface area contributed by atoms with Crippen molar-refractivity contribution in [3.8, 4) is 0 Å². The summed E-state index contributed by atoms with van der Waals surface area (Å²) in [6.07, 6.45) is 10.2. The number of hydrogen-bond acceptors (Lipinski definition) is 0. The van der Waals surface area contributed by atoms with Gasteiger partial charge in [-0.15, -0.1) is 0 Å². The van der Waals surface area contributed by atoms with Crippen LogP contribution in [0, 0.1) is 40.9 Å². The predicted octanol–water partition coefficient (Wildman–Crippen LogP) is 6.55. The monoisotopic (exact) mass is 278 g/mol. The zero-order valence-corrected chi connectivity index (χ0v) is 14.9. The third-order valence-electron chi connectivity index (χ3n) is 7.45. The lowest BCUT2D eigenvalue weighted by Crippen LogP contribution is -2.36. The molecule has 0 amide bonds. The van der Waals surface area contributed by atoms with Gasteiger partial charge in [0, 0.05) is 0 Å². The minimum absolute atomic E-state index is 0.605. The zero-order chi connectivity index (χ0) is 14.9. The molecule has 5 atom stereocenters. The van der Waals surface area contributed by atoms with Crippen molar-refractivity contribution in [3.05, 3.63) is 0 Å². The largest absolute Gasteiger partial charge is 0.0654 e. The highest BCUT2D eigenvalue weighted by Crippen LogP contribution is 2.54. The van der Waals surface area contributed by atoms with E-state index in [-0.39, 0.29) is 0 Å². The van der Waals surface area contributed by atoms with Crippen LogP contribution in [0.4, 0.5) is 0 Å². The molecule has 0 spiro atoms. The van der Waals surface area contributed by atoms with Crippen LogP contribution in [0.2, 0.25) is 0 Å². The van der Waals surface area contributed by atoms with E-state index in [0.717, 1.165) is 35.5 Å². The minimum atomic E-state index is 0.605. The highest BCUT2D eigenvalue weighted by atomic mass is 14.5. The summed E-state index contributed by atoms with van der Waals surface area (Å²) < 4.78 is 0. The Hall–Kier alpha value is 0. The van der Waals surface area contributed by atoms with Gasteiger partial charge in [-0.05, 0) is 73.0 Å². The standard InChI is InChI=1S/C20H38/c1-7-10-20(6)11-9-19(17-12-14(3)13-17)15(4)18(8-2)16(20)5/h14-19H,7-13H2,1-6H3. The fourth-order valence-electron chi connectivity index (χ4n) is 5.90. The second-order valence-electron chi connectivity index (χ2n) is 8.66. The molecule has 0 N–H and O–H groups in total. The molecule has 0 saturated heterocycles. The molecular weight excluding hydrogens is 240 g/mol. The Balaban J connectivity index is 2.16. The molecule has 0 heterocycles. The average molecular weight is 279 g/mol. The first-order valence-corrected chi connectivity index (χ1v) is 9.42. The molecule has 5 unspecified atom stereocenters. The van der Waals surface area contributed by atoms with Crippen molar-refractivity contribution in [1.82, 2.24) is 0 Å². The van der Waals surface area contributed by atoms with Gasteiger partial charge in [-0.1, -0.05) is 54.4 Å². The summed E-state index contributed by atoms with van der Waals surface area (Å²) in [5.41, 5.74) is 0.605. The first-order valence-electron chi connectivity index (χ1n) is 9.42. The van der Waals surface area contributed by atoms with Gasteiger partial charge < -0.3 is 0 Å². The van der Waals surface area contributed by atoms with Crippen molar-refractivity contribution >= 4 is 0 Å². The lowest BCUT2D eigenvalue weighted by molar-refractivity contribution is 0.0579. The van der Waals surface area contributed by atoms with Crippen LogP contribution < -0.4 is 0 Å². The van der Waals surface area contributed by atoms with E-state index in [2.05, 4.69) is 41.5 Å². The van der Waals surface area contributed by atoms with Gasteiger partial charge in [-0.3, -0.25) is 0 Å². The summed E-state index contributed by atoms with van der Waals surface area (Å²) in [6, 6.07) is 0. The Bertz CT molecular complexity index is 301. The molecular formula is C20H38. The van der Waals surface area contributed by atoms with Crippen LogP contribution in [-0.4, -0.2) is 0 Å². The maximum Gasteiger partial charge on any atom is -0.0297 e. The maximum absolute atomic E-state index is 2.60. The minimum Gasteiger partial charge on any atom is -0.0654 e. The van der Waals surface area contributed by atoms with Crippen LogP contribution in [0.1, 0.15) is 86.5 Å². The molecule has 0 aromatic heterocycles. The van der Waals surface area contributed by atoms with Crippen LogP contribution in [0.15, 0.2) is 0 Å². The van der Waals surface area contributed by atoms with Crippen LogP contribution in [-0.2, 0) is 0 Å². The van der Waals surface area contributed by atoms with Gasteiger partial charge in [0.2, 0.25) is 0 Å². The Morgan fingerprint density at radius 1 is 1.05 bits per heavy atom. The molecule has 0 bridgehead atoms. The molecule has 2 saturated carbocycles. The van der Waals surface area contributed by atoms with Crippen LogP contribution in [0.25, 0.3) is 0 Å². The lowest BCUT2D eigenvalue weighted by Gasteiger charge is -2.44. The van der Waals surface area contributed by atoms with Crippen LogP contribution in [0.3, 0.4) is 0 Å². The first kappa shape index (κ1) is 16.4. The van der Waals surface area contributed by atoms with Crippen molar-refractivity contribution in [2.24, 2.45) is 40.9 Å². The zero-order valence-electron chi connectivity index (χ0n) is 14.9. The molecule has 2 fully saturated rings. The molecule has 0 aliphatic heterocycles. The Labute approximate surface area is 128 Å². The van der Waals surface area contributed by atoms with Crippen molar-refractivity contribution in [2.75, 3.05) is 0 Å². The Morgan fingerprint density at radius 3 is 2.20 bits per heavy atom. The van der Waals surface area contributed by atoms with E-state index in [4.69, 9.17) is 0 Å². The first-order chi connectivity index (χ1) is 9.42. The van der Waals surface area contributed by atoms with E-state index in [1.54, 1.807) is 0 Å². The SMILES string of the molecule is CCCC1(C)CCC(C2CC(C)C2)C(C)C(CC)C1C. The van der Waals surface area contributed by atoms with Crippen molar-refractivity contribution in [1.29, 1.82) is 0 Å². The third-order valence-corrected chi connectivity index (χ3v) is 7.45. The maximum atomic E-state index is 2.60.